The van der Waals surface area contributed by atoms with Crippen LogP contribution in [0.3, 0.4) is 0 Å². The molecule has 1 fully saturated rings. The minimum Gasteiger partial charge on any atom is -0.462 e. The maximum absolute atomic E-state index is 14.3. The largest absolute Gasteiger partial charge is 0.462 e. The van der Waals surface area contributed by atoms with Crippen molar-refractivity contribution in [2.24, 2.45) is 5.92 Å². The van der Waals surface area contributed by atoms with Gasteiger partial charge in [0.05, 0.1) is 48.0 Å². The minimum atomic E-state index is -1.21. The molecular weight excluding hydrogens is 703 g/mol. The van der Waals surface area contributed by atoms with E-state index >= 15 is 0 Å². The lowest BCUT2D eigenvalue weighted by Crippen LogP contribution is -2.27. The average molecular weight is 753 g/mol. The van der Waals surface area contributed by atoms with Gasteiger partial charge in [-0.2, -0.15) is 0 Å². The first-order valence-corrected chi connectivity index (χ1v) is 18.5. The number of aromatic nitrogens is 1. The monoisotopic (exact) mass is 752 g/mol. The molecule has 0 spiro atoms. The number of hydrogen-bond donors (Lipinski definition) is 3. The molecule has 1 aliphatic rings. The number of benzene rings is 3. The van der Waals surface area contributed by atoms with E-state index in [4.69, 9.17) is 14.2 Å². The molecule has 0 bridgehead atoms. The molecule has 1 saturated heterocycles. The second kappa shape index (κ2) is 19.3. The summed E-state index contributed by atoms with van der Waals surface area (Å²) >= 11 is 0. The van der Waals surface area contributed by atoms with Crippen LogP contribution in [-0.2, 0) is 30.3 Å². The van der Waals surface area contributed by atoms with Gasteiger partial charge in [-0.1, -0.05) is 74.5 Å². The highest BCUT2D eigenvalue weighted by atomic mass is 19.1. The van der Waals surface area contributed by atoms with E-state index in [2.05, 4.69) is 18.5 Å². The van der Waals surface area contributed by atoms with Crippen LogP contribution in [0, 0.1) is 11.7 Å². The Morgan fingerprint density at radius 3 is 2.20 bits per heavy atom. The number of nitrogens with one attached hydrogen (secondary N) is 1. The molecule has 0 aliphatic carbocycles. The van der Waals surface area contributed by atoms with E-state index in [0.717, 1.165) is 11.3 Å². The zero-order valence-corrected chi connectivity index (χ0v) is 31.2. The van der Waals surface area contributed by atoms with Crippen LogP contribution in [-0.4, -0.2) is 70.3 Å². The number of hydrogen-bond acceptors (Lipinski definition) is 8. The van der Waals surface area contributed by atoms with Crippen LogP contribution < -0.4 is 5.32 Å². The van der Waals surface area contributed by atoms with Gasteiger partial charge < -0.3 is 34.3 Å². The van der Waals surface area contributed by atoms with Crippen LogP contribution in [0.25, 0.3) is 22.4 Å². The van der Waals surface area contributed by atoms with Crippen LogP contribution in [0.5, 0.6) is 0 Å². The molecule has 4 aromatic rings. The molecule has 10 nitrogen and oxygen atoms in total. The molecule has 5 rings (SSSR count). The van der Waals surface area contributed by atoms with Gasteiger partial charge in [0.2, 0.25) is 0 Å². The van der Waals surface area contributed by atoms with Crippen molar-refractivity contribution in [2.75, 3.05) is 18.5 Å². The summed E-state index contributed by atoms with van der Waals surface area (Å²) in [7, 11) is 0. The smallest absolute Gasteiger partial charge is 0.312 e. The number of aliphatic hydroxyl groups is 2. The maximum Gasteiger partial charge on any atom is 0.312 e. The van der Waals surface area contributed by atoms with E-state index in [1.165, 1.54) is 12.1 Å². The van der Waals surface area contributed by atoms with E-state index in [0.29, 0.717) is 34.5 Å². The number of carbonyl (C=O) groups excluding carboxylic acids is 3. The van der Waals surface area contributed by atoms with Gasteiger partial charge in [-0.25, -0.2) is 4.39 Å². The van der Waals surface area contributed by atoms with Gasteiger partial charge in [0, 0.05) is 23.5 Å². The highest BCUT2D eigenvalue weighted by molar-refractivity contribution is 6.12. The van der Waals surface area contributed by atoms with Crippen molar-refractivity contribution >= 4 is 23.5 Å². The van der Waals surface area contributed by atoms with E-state index in [1.54, 1.807) is 24.3 Å². The van der Waals surface area contributed by atoms with Crippen molar-refractivity contribution in [3.05, 3.63) is 127 Å². The molecule has 1 amide bonds. The Bertz CT molecular complexity index is 1930. The number of ether oxygens (including phenoxy) is 3. The number of anilines is 1. The Balaban J connectivity index is 1.29. The number of aliphatic hydroxyl groups excluding tert-OH is 2. The molecule has 1 aliphatic heterocycles. The van der Waals surface area contributed by atoms with Crippen LogP contribution in [0.4, 0.5) is 10.1 Å². The maximum atomic E-state index is 14.3. The molecule has 1 aromatic heterocycles. The molecule has 0 saturated carbocycles. The number of rotatable bonds is 18. The van der Waals surface area contributed by atoms with Gasteiger partial charge in [-0.3, -0.25) is 14.4 Å². The molecule has 5 atom stereocenters. The second-order valence-corrected chi connectivity index (χ2v) is 13.9. The van der Waals surface area contributed by atoms with Crippen LogP contribution in [0.15, 0.2) is 110 Å². The lowest BCUT2D eigenvalue weighted by molar-refractivity contribution is -0.156. The van der Waals surface area contributed by atoms with E-state index < -0.39 is 42.0 Å². The van der Waals surface area contributed by atoms with Crippen molar-refractivity contribution in [3.8, 4) is 22.4 Å². The predicted molar refractivity (Wildman–Crippen MR) is 209 cm³/mol. The fourth-order valence-corrected chi connectivity index (χ4v) is 7.00. The zero-order valence-electron chi connectivity index (χ0n) is 31.2. The van der Waals surface area contributed by atoms with Gasteiger partial charge >= 0.3 is 11.9 Å². The van der Waals surface area contributed by atoms with Gasteiger partial charge in [-0.15, -0.1) is 13.2 Å². The molecule has 290 valence electrons. The lowest BCUT2D eigenvalue weighted by Gasteiger charge is -2.20. The summed E-state index contributed by atoms with van der Waals surface area (Å²) in [5.41, 5.74) is 4.65. The molecule has 3 aromatic carbocycles. The quantitative estimate of drug-likeness (QED) is 0.0542. The number of halogens is 1. The predicted octanol–water partition coefficient (Wildman–Crippen LogP) is 7.46. The number of carbonyl (C=O) groups is 3. The molecule has 2 heterocycles. The first-order valence-electron chi connectivity index (χ1n) is 18.5. The Morgan fingerprint density at radius 1 is 0.909 bits per heavy atom. The van der Waals surface area contributed by atoms with Crippen LogP contribution in [0.1, 0.15) is 61.5 Å². The Hall–Kier alpha value is -5.36. The van der Waals surface area contributed by atoms with Crippen molar-refractivity contribution < 1.29 is 43.2 Å². The fourth-order valence-electron chi connectivity index (χ4n) is 7.00. The number of esters is 2. The SMILES string of the molecule is C=CC1CC(C(=O)OCCOC(=O)C[C@H](O)C[C@H](O)CCn2c(-c3ccc(F)cc3)c(-c3ccccc3)c(C(=O)Nc3ccccc3)c2C(C)C)C(C=C)O1. The Kier molecular flexibility index (Phi) is 14.3. The fraction of sp³-hybridized carbons (Fsp3) is 0.341. The molecule has 3 unspecified atom stereocenters. The highest BCUT2D eigenvalue weighted by Crippen LogP contribution is 2.42. The van der Waals surface area contributed by atoms with Gasteiger partial charge in [0.15, 0.2) is 0 Å². The van der Waals surface area contributed by atoms with E-state index in [-0.39, 0.29) is 57.0 Å². The molecular formula is C44H49FN2O8. The third-order valence-corrected chi connectivity index (χ3v) is 9.53. The second-order valence-electron chi connectivity index (χ2n) is 13.9. The van der Waals surface area contributed by atoms with Crippen LogP contribution in [0.2, 0.25) is 0 Å². The summed E-state index contributed by atoms with van der Waals surface area (Å²) in [5, 5.41) is 24.9. The normalized spacial score (nSPS) is 17.7. The highest BCUT2D eigenvalue weighted by Gasteiger charge is 2.38. The molecule has 55 heavy (non-hydrogen) atoms. The standard InChI is InChI=1S/C44H49FN2O8/c1-5-35-27-36(37(6-2)55-35)44(52)54-24-23-53-38(50)26-34(49)25-33(48)21-22-47-41(28(3)4)40(43(51)46-32-15-11-8-12-16-32)39(29-13-9-7-10-14-29)42(47)30-17-19-31(45)20-18-30/h5-20,28,33-37,48-49H,1-2,21-27H2,3-4H3,(H,46,51)/t33-,34-,35?,36?,37?/m1/s1. The number of para-hydroxylation sites is 1. The van der Waals surface area contributed by atoms with Crippen molar-refractivity contribution in [2.45, 2.75) is 76.4 Å². The van der Waals surface area contributed by atoms with Gasteiger partial charge in [-0.05, 0) is 72.7 Å². The average Bonchev–Trinajstić information content (AvgIpc) is 3.76. The summed E-state index contributed by atoms with van der Waals surface area (Å²) in [4.78, 5) is 39.3. The summed E-state index contributed by atoms with van der Waals surface area (Å²) < 4.78 is 32.3. The van der Waals surface area contributed by atoms with Crippen LogP contribution >= 0.6 is 0 Å². The van der Waals surface area contributed by atoms with Crippen molar-refractivity contribution in [1.82, 2.24) is 4.57 Å². The molecule has 3 N–H and O–H groups in total. The van der Waals surface area contributed by atoms with Gasteiger partial charge in [0.25, 0.3) is 5.91 Å². The summed E-state index contributed by atoms with van der Waals surface area (Å²) in [6.07, 6.45) is 0.267. The van der Waals surface area contributed by atoms with Crippen molar-refractivity contribution in [3.63, 3.8) is 0 Å². The Labute approximate surface area is 321 Å². The topological polar surface area (TPSA) is 136 Å². The first-order chi connectivity index (χ1) is 26.5. The summed E-state index contributed by atoms with van der Waals surface area (Å²) in [6, 6.07) is 24.7. The Morgan fingerprint density at radius 2 is 1.56 bits per heavy atom. The number of nitrogens with zero attached hydrogens (tertiary/aromatic N) is 1. The van der Waals surface area contributed by atoms with E-state index in [9.17, 15) is 29.0 Å². The third-order valence-electron chi connectivity index (χ3n) is 9.53. The minimum absolute atomic E-state index is 0.115. The summed E-state index contributed by atoms with van der Waals surface area (Å²) in [6.45, 7) is 11.3. The first kappa shape index (κ1) is 40.8. The van der Waals surface area contributed by atoms with E-state index in [1.807, 2.05) is 79.1 Å². The van der Waals surface area contributed by atoms with Crippen molar-refractivity contribution in [1.29, 1.82) is 0 Å². The summed E-state index contributed by atoms with van der Waals surface area (Å²) in [5.74, 6) is -2.58. The molecule has 11 heteroatoms. The number of amides is 1. The zero-order chi connectivity index (χ0) is 39.5. The lowest BCUT2D eigenvalue weighted by atomic mass is 9.94. The van der Waals surface area contributed by atoms with Gasteiger partial charge in [0.1, 0.15) is 19.0 Å². The third kappa shape index (κ3) is 10.4. The molecule has 0 radical (unpaired) electrons.